The molecule has 2 fully saturated rings. The molecule has 2 aliphatic rings. The molecule has 3 rings (SSSR count). The van der Waals surface area contributed by atoms with Gasteiger partial charge in [-0.05, 0) is 56.8 Å². The van der Waals surface area contributed by atoms with Gasteiger partial charge in [0.15, 0.2) is 0 Å². The standard InChI is InChI=1S/C19H28ClN3O2/c1-25-18-8-2-6-16(20)15(18)13-23-10-4-5-14(12-23)11-22-19(24)17-7-3-9-21-17/h2,6,8,14,17,21H,3-5,7,9-13H2,1H3,(H,22,24). The first kappa shape index (κ1) is 18.5. The van der Waals surface area contributed by atoms with Crippen LogP contribution < -0.4 is 15.4 Å². The van der Waals surface area contributed by atoms with E-state index in [1.807, 2.05) is 18.2 Å². The third-order valence-electron chi connectivity index (χ3n) is 5.22. The number of carbonyl (C=O) groups excluding carboxylic acids is 1. The molecule has 2 N–H and O–H groups in total. The van der Waals surface area contributed by atoms with E-state index in [0.717, 1.165) is 74.7 Å². The Hall–Kier alpha value is -1.30. The number of hydrogen-bond donors (Lipinski definition) is 2. The lowest BCUT2D eigenvalue weighted by Gasteiger charge is -2.33. The Morgan fingerprint density at radius 1 is 1.40 bits per heavy atom. The van der Waals surface area contributed by atoms with E-state index in [4.69, 9.17) is 16.3 Å². The molecule has 0 spiro atoms. The number of piperidine rings is 1. The van der Waals surface area contributed by atoms with Crippen LogP contribution in [-0.2, 0) is 11.3 Å². The van der Waals surface area contributed by atoms with Crippen molar-refractivity contribution in [3.8, 4) is 5.75 Å². The van der Waals surface area contributed by atoms with Gasteiger partial charge in [0, 0.05) is 30.2 Å². The number of nitrogens with one attached hydrogen (secondary N) is 2. The van der Waals surface area contributed by atoms with Gasteiger partial charge in [-0.2, -0.15) is 0 Å². The molecule has 2 heterocycles. The van der Waals surface area contributed by atoms with E-state index in [0.29, 0.717) is 5.92 Å². The number of likely N-dealkylation sites (tertiary alicyclic amines) is 1. The molecule has 2 atom stereocenters. The Bertz CT molecular complexity index is 590. The highest BCUT2D eigenvalue weighted by atomic mass is 35.5. The van der Waals surface area contributed by atoms with Gasteiger partial charge in [-0.15, -0.1) is 0 Å². The topological polar surface area (TPSA) is 53.6 Å². The van der Waals surface area contributed by atoms with Gasteiger partial charge in [-0.3, -0.25) is 9.69 Å². The summed E-state index contributed by atoms with van der Waals surface area (Å²) < 4.78 is 5.46. The molecule has 25 heavy (non-hydrogen) atoms. The van der Waals surface area contributed by atoms with Crippen LogP contribution in [0.25, 0.3) is 0 Å². The predicted octanol–water partition coefficient (Wildman–Crippen LogP) is 2.43. The maximum Gasteiger partial charge on any atom is 0.237 e. The number of benzene rings is 1. The lowest BCUT2D eigenvalue weighted by atomic mass is 9.97. The molecule has 1 amide bonds. The smallest absolute Gasteiger partial charge is 0.237 e. The highest BCUT2D eigenvalue weighted by molar-refractivity contribution is 6.31. The molecule has 5 nitrogen and oxygen atoms in total. The normalized spacial score (nSPS) is 24.2. The molecule has 0 saturated carbocycles. The van der Waals surface area contributed by atoms with Crippen molar-refractivity contribution in [2.45, 2.75) is 38.3 Å². The molecule has 1 aromatic rings. The van der Waals surface area contributed by atoms with Gasteiger partial charge >= 0.3 is 0 Å². The van der Waals surface area contributed by atoms with E-state index in [1.54, 1.807) is 7.11 Å². The van der Waals surface area contributed by atoms with Crippen molar-refractivity contribution in [3.63, 3.8) is 0 Å². The van der Waals surface area contributed by atoms with Crippen molar-refractivity contribution < 1.29 is 9.53 Å². The molecule has 138 valence electrons. The molecule has 0 aliphatic carbocycles. The average Bonchev–Trinajstić information content (AvgIpc) is 3.16. The molecular formula is C19H28ClN3O2. The number of nitrogens with zero attached hydrogens (tertiary/aromatic N) is 1. The molecule has 2 aliphatic heterocycles. The maximum absolute atomic E-state index is 12.2. The van der Waals surface area contributed by atoms with E-state index >= 15 is 0 Å². The van der Waals surface area contributed by atoms with Gasteiger partial charge in [0.25, 0.3) is 0 Å². The van der Waals surface area contributed by atoms with Crippen molar-refractivity contribution in [1.29, 1.82) is 0 Å². The summed E-state index contributed by atoms with van der Waals surface area (Å²) in [5, 5.41) is 7.14. The van der Waals surface area contributed by atoms with Crippen LogP contribution in [-0.4, -0.2) is 50.1 Å². The Kier molecular flexibility index (Phi) is 6.57. The Morgan fingerprint density at radius 3 is 3.04 bits per heavy atom. The minimum absolute atomic E-state index is 0.00656. The summed E-state index contributed by atoms with van der Waals surface area (Å²) in [4.78, 5) is 14.6. The van der Waals surface area contributed by atoms with Crippen LogP contribution in [0.3, 0.4) is 0 Å². The number of rotatable bonds is 6. The molecule has 0 aromatic heterocycles. The average molecular weight is 366 g/mol. The quantitative estimate of drug-likeness (QED) is 0.813. The number of hydrogen-bond acceptors (Lipinski definition) is 4. The first-order chi connectivity index (χ1) is 12.2. The van der Waals surface area contributed by atoms with Crippen LogP contribution in [0.2, 0.25) is 5.02 Å². The largest absolute Gasteiger partial charge is 0.496 e. The van der Waals surface area contributed by atoms with E-state index < -0.39 is 0 Å². The predicted molar refractivity (Wildman–Crippen MR) is 100 cm³/mol. The van der Waals surface area contributed by atoms with Gasteiger partial charge in [0.1, 0.15) is 5.75 Å². The van der Waals surface area contributed by atoms with Gasteiger partial charge in [-0.25, -0.2) is 0 Å². The second kappa shape index (κ2) is 8.88. The third-order valence-corrected chi connectivity index (χ3v) is 5.58. The number of ether oxygens (including phenoxy) is 1. The van der Waals surface area contributed by atoms with Gasteiger partial charge in [0.2, 0.25) is 5.91 Å². The first-order valence-electron chi connectivity index (χ1n) is 9.22. The zero-order valence-electron chi connectivity index (χ0n) is 14.9. The fourth-order valence-electron chi connectivity index (χ4n) is 3.85. The lowest BCUT2D eigenvalue weighted by Crippen LogP contribution is -2.45. The number of carbonyl (C=O) groups is 1. The van der Waals surface area contributed by atoms with Gasteiger partial charge < -0.3 is 15.4 Å². The highest BCUT2D eigenvalue weighted by Gasteiger charge is 2.25. The summed E-state index contributed by atoms with van der Waals surface area (Å²) in [7, 11) is 1.68. The second-order valence-electron chi connectivity index (χ2n) is 7.06. The van der Waals surface area contributed by atoms with Crippen molar-refractivity contribution >= 4 is 17.5 Å². The van der Waals surface area contributed by atoms with Gasteiger partial charge in [-0.1, -0.05) is 17.7 Å². The Balaban J connectivity index is 1.52. The second-order valence-corrected chi connectivity index (χ2v) is 7.47. The highest BCUT2D eigenvalue weighted by Crippen LogP contribution is 2.29. The van der Waals surface area contributed by atoms with E-state index in [2.05, 4.69) is 15.5 Å². The monoisotopic (exact) mass is 365 g/mol. The summed E-state index contributed by atoms with van der Waals surface area (Å²) in [6.45, 7) is 4.54. The molecule has 0 radical (unpaired) electrons. The van der Waals surface area contributed by atoms with Crippen molar-refractivity contribution in [3.05, 3.63) is 28.8 Å². The number of amides is 1. The van der Waals surface area contributed by atoms with E-state index in [-0.39, 0.29) is 11.9 Å². The van der Waals surface area contributed by atoms with E-state index in [9.17, 15) is 4.79 Å². The lowest BCUT2D eigenvalue weighted by molar-refractivity contribution is -0.123. The molecule has 2 unspecified atom stereocenters. The van der Waals surface area contributed by atoms with Crippen molar-refractivity contribution in [2.24, 2.45) is 5.92 Å². The van der Waals surface area contributed by atoms with Crippen LogP contribution >= 0.6 is 11.6 Å². The van der Waals surface area contributed by atoms with Crippen LogP contribution in [0.1, 0.15) is 31.2 Å². The molecular weight excluding hydrogens is 338 g/mol. The van der Waals surface area contributed by atoms with Crippen LogP contribution in [0.5, 0.6) is 5.75 Å². The van der Waals surface area contributed by atoms with Crippen LogP contribution in [0, 0.1) is 5.92 Å². The Labute approximate surface area is 155 Å². The van der Waals surface area contributed by atoms with E-state index in [1.165, 1.54) is 0 Å². The number of halogens is 1. The SMILES string of the molecule is COc1cccc(Cl)c1CN1CCCC(CNC(=O)C2CCCN2)C1. The van der Waals surface area contributed by atoms with Crippen molar-refractivity contribution in [2.75, 3.05) is 33.3 Å². The Morgan fingerprint density at radius 2 is 2.28 bits per heavy atom. The molecule has 2 saturated heterocycles. The number of methoxy groups -OCH3 is 1. The van der Waals surface area contributed by atoms with Crippen molar-refractivity contribution in [1.82, 2.24) is 15.5 Å². The van der Waals surface area contributed by atoms with Crippen LogP contribution in [0.15, 0.2) is 18.2 Å². The summed E-state index contributed by atoms with van der Waals surface area (Å²) in [6.07, 6.45) is 4.35. The molecule has 0 bridgehead atoms. The third kappa shape index (κ3) is 4.87. The maximum atomic E-state index is 12.2. The molecule has 1 aromatic carbocycles. The fraction of sp³-hybridized carbons (Fsp3) is 0.632. The zero-order chi connectivity index (χ0) is 17.6. The summed E-state index contributed by atoms with van der Waals surface area (Å²) in [5.41, 5.74) is 1.05. The first-order valence-corrected chi connectivity index (χ1v) is 9.60. The summed E-state index contributed by atoms with van der Waals surface area (Å²) in [5.74, 6) is 1.49. The fourth-order valence-corrected chi connectivity index (χ4v) is 4.07. The minimum atomic E-state index is 0.00656. The zero-order valence-corrected chi connectivity index (χ0v) is 15.6. The summed E-state index contributed by atoms with van der Waals surface area (Å²) >= 11 is 6.37. The summed E-state index contributed by atoms with van der Waals surface area (Å²) in [6, 6.07) is 5.79. The van der Waals surface area contributed by atoms with Crippen LogP contribution in [0.4, 0.5) is 0 Å². The molecule has 6 heteroatoms. The minimum Gasteiger partial charge on any atom is -0.496 e. The van der Waals surface area contributed by atoms with Gasteiger partial charge in [0.05, 0.1) is 13.2 Å².